The van der Waals surface area contributed by atoms with Gasteiger partial charge in [-0.3, -0.25) is 0 Å². The minimum absolute atomic E-state index is 0.0230. The van der Waals surface area contributed by atoms with Crippen molar-refractivity contribution in [3.8, 4) is 0 Å². The number of fused-ring (bicyclic) bond motifs is 1. The fourth-order valence-electron chi connectivity index (χ4n) is 8.40. The molecule has 8 nitrogen and oxygen atoms in total. The second-order valence-electron chi connectivity index (χ2n) is 18.5. The van der Waals surface area contributed by atoms with E-state index in [-0.39, 0.29) is 46.5 Å². The molecule has 3 rings (SSSR count). The number of ketones is 1. The molecular weight excluding hydrogens is 907 g/mol. The van der Waals surface area contributed by atoms with Crippen LogP contribution in [-0.2, 0) is 41.3 Å². The van der Waals surface area contributed by atoms with Crippen LogP contribution in [0.5, 0.6) is 0 Å². The molecule has 2 aliphatic rings. The number of methoxy groups -OCH3 is 1. The van der Waals surface area contributed by atoms with E-state index in [0.29, 0.717) is 17.7 Å². The van der Waals surface area contributed by atoms with Crippen molar-refractivity contribution in [1.29, 1.82) is 0 Å². The van der Waals surface area contributed by atoms with Gasteiger partial charge in [-0.1, -0.05) is 0 Å². The van der Waals surface area contributed by atoms with Crippen LogP contribution >= 0.6 is 11.8 Å². The average Bonchev–Trinajstić information content (AvgIpc) is 3.39. The van der Waals surface area contributed by atoms with Crippen molar-refractivity contribution >= 4 is 44.5 Å². The number of carbonyl (C=O) groups excluding carboxylic acids is 1. The van der Waals surface area contributed by atoms with E-state index >= 15 is 0 Å². The number of hydrogen-bond acceptors (Lipinski definition) is 9. The van der Waals surface area contributed by atoms with Gasteiger partial charge in [-0.25, -0.2) is 0 Å². The van der Waals surface area contributed by atoms with E-state index in [4.69, 9.17) is 22.7 Å². The number of carbonyl (C=O) groups is 1. The molecule has 0 spiro atoms. The zero-order chi connectivity index (χ0) is 40.9. The van der Waals surface area contributed by atoms with Crippen molar-refractivity contribution in [2.24, 2.45) is 17.3 Å². The predicted molar refractivity (Wildman–Crippen MR) is 227 cm³/mol. The number of oxazole rings is 1. The van der Waals surface area contributed by atoms with Crippen molar-refractivity contribution in [1.82, 2.24) is 9.88 Å². The fourth-order valence-corrected chi connectivity index (χ4v) is 13.6. The van der Waals surface area contributed by atoms with Crippen LogP contribution in [0.4, 0.5) is 0 Å². The molecule has 0 amide bonds. The summed E-state index contributed by atoms with van der Waals surface area (Å²) in [6.45, 7) is 33.3. The normalized spacial score (nSPS) is 31.1. The summed E-state index contributed by atoms with van der Waals surface area (Å²) in [6.07, 6.45) is 9.72. The third-order valence-electron chi connectivity index (χ3n) is 13.7. The first-order valence-electron chi connectivity index (χ1n) is 20.6. The molecule has 2 saturated heterocycles. The van der Waals surface area contributed by atoms with E-state index in [9.17, 15) is 4.79 Å². The Kier molecular flexibility index (Phi) is 17.5. The summed E-state index contributed by atoms with van der Waals surface area (Å²) in [6, 6.07) is 3.54. The molecule has 0 saturated carbocycles. The molecule has 54 heavy (non-hydrogen) atoms. The van der Waals surface area contributed by atoms with Crippen LogP contribution in [-0.4, -0.2) is 93.0 Å². The minimum atomic E-state index is -1.99. The van der Waals surface area contributed by atoms with Gasteiger partial charge in [-0.15, -0.1) is 0 Å². The van der Waals surface area contributed by atoms with Crippen molar-refractivity contribution in [2.45, 2.75) is 187 Å². The maximum absolute atomic E-state index is 14.7. The number of hydrogen-bond donors (Lipinski definition) is 0. The van der Waals surface area contributed by atoms with Gasteiger partial charge in [0.2, 0.25) is 0 Å². The molecule has 1 unspecified atom stereocenters. The Balaban J connectivity index is 2.05. The van der Waals surface area contributed by atoms with E-state index in [1.54, 1.807) is 31.5 Å². The van der Waals surface area contributed by atoms with Crippen molar-refractivity contribution in [3.63, 3.8) is 0 Å². The molecule has 312 valence electrons. The number of ether oxygens (including phenoxy) is 2. The van der Waals surface area contributed by atoms with Crippen LogP contribution in [0.25, 0.3) is 6.08 Å². The third kappa shape index (κ3) is 11.5. The summed E-state index contributed by atoms with van der Waals surface area (Å²) in [5, 5.41) is 0.818. The van der Waals surface area contributed by atoms with Crippen LogP contribution < -0.4 is 0 Å². The first kappa shape index (κ1) is 48.1. The number of rotatable bonds is 13. The Morgan fingerprint density at radius 2 is 1.78 bits per heavy atom. The van der Waals surface area contributed by atoms with Crippen LogP contribution in [0.3, 0.4) is 0 Å². The molecule has 0 bridgehead atoms. The zero-order valence-corrected chi connectivity index (χ0v) is 42.2. The molecule has 2 aliphatic heterocycles. The van der Waals surface area contributed by atoms with E-state index < -0.39 is 22.0 Å². The predicted octanol–water partition coefficient (Wildman–Crippen LogP) is 10.6. The van der Waals surface area contributed by atoms with Crippen molar-refractivity contribution in [2.75, 3.05) is 26.5 Å². The Hall–Kier alpha value is -0.290. The molecule has 8 atom stereocenters. The summed E-state index contributed by atoms with van der Waals surface area (Å²) < 4.78 is 33.8. The zero-order valence-electron chi connectivity index (χ0n) is 36.8. The van der Waals surface area contributed by atoms with Crippen LogP contribution in [0.1, 0.15) is 121 Å². The molecule has 0 aromatic carbocycles. The second kappa shape index (κ2) is 19.6. The molecule has 0 radical (unpaired) electrons. The molecule has 0 aliphatic carbocycles. The molecule has 12 heteroatoms. The van der Waals surface area contributed by atoms with E-state index in [1.807, 2.05) is 6.26 Å². The monoisotopic (exact) mass is 984 g/mol. The summed E-state index contributed by atoms with van der Waals surface area (Å²) in [7, 11) is -2.14. The number of nitrogens with zero attached hydrogens (tertiary/aromatic N) is 2. The second-order valence-corrected chi connectivity index (χ2v) is 30.2. The van der Waals surface area contributed by atoms with E-state index in [0.717, 1.165) is 72.5 Å². The molecular formula is C42H76N2O6OsSSi2. The quantitative estimate of drug-likeness (QED) is 0.109. The number of aromatic nitrogens is 1. The average molecular weight is 984 g/mol. The van der Waals surface area contributed by atoms with E-state index in [1.165, 1.54) is 11.8 Å². The van der Waals surface area contributed by atoms with Gasteiger partial charge < -0.3 is 0 Å². The van der Waals surface area contributed by atoms with E-state index in [2.05, 4.69) is 112 Å². The number of Topliss-reactive ketones (excluding diaryl/α,β-unsaturated/α-hetero) is 1. The summed E-state index contributed by atoms with van der Waals surface area (Å²) in [5.74, 6) is 0.220. The topological polar surface area (TPSA) is 83.0 Å². The Labute approximate surface area is 346 Å². The first-order valence-corrected chi connectivity index (χ1v) is 28.5. The summed E-state index contributed by atoms with van der Waals surface area (Å²) in [5.41, 5.74) is 1.19. The molecule has 2 fully saturated rings. The van der Waals surface area contributed by atoms with Gasteiger partial charge in [0.25, 0.3) is 0 Å². The molecule has 1 aromatic rings. The van der Waals surface area contributed by atoms with Gasteiger partial charge in [0, 0.05) is 0 Å². The van der Waals surface area contributed by atoms with Crippen molar-refractivity contribution in [3.05, 3.63) is 17.5 Å². The maximum atomic E-state index is 14.7. The molecule has 1 aromatic heterocycles. The van der Waals surface area contributed by atoms with Crippen molar-refractivity contribution < 1.29 is 45.7 Å². The first-order chi connectivity index (χ1) is 25.1. The SMILES string of the molecule is CC[Si](CC)(CC)O[C@H]1[C@@H](C)CCC[C@]2(C)[C@H](C[C@@H](/C(C)=C/c3coc(SC)n3)O[C](=[Os])C[C@H](OC)C(C)(C)C(=O)[C@@H]1C)N2CCO[Si](C)(C)C(C)(C)C. The van der Waals surface area contributed by atoms with Gasteiger partial charge in [0.15, 0.2) is 0 Å². The fraction of sp³-hybridized carbons (Fsp3) is 0.833. The number of thioether (sulfide) groups is 1. The van der Waals surface area contributed by atoms with Gasteiger partial charge >= 0.3 is 348 Å². The van der Waals surface area contributed by atoms with Gasteiger partial charge in [0.05, 0.1) is 0 Å². The summed E-state index contributed by atoms with van der Waals surface area (Å²) >= 11 is 3.28. The Bertz CT molecular complexity index is 1420. The molecule has 0 N–H and O–H groups in total. The standard InChI is InChI=1S/C42H76N2O6SSi2.Os/c1-17-53(18-2,19-3)50-37-30(4)21-20-23-42(12)35(44(42)24-26-49-52(15,16)40(7,8)9)28-34(31(5)27-33-29-48-39(43-33)51-14)47-25-22-36(46-13)41(10,11)38(45)32(37)6;/h27,29-30,32,34-37H,17-24,26,28H2,1-16H3;/b31-27+;/t30-,32+,34-,35-,36-,37-,42+,44?;/m0./s1. The Morgan fingerprint density at radius 1 is 1.15 bits per heavy atom. The van der Waals surface area contributed by atoms with Crippen LogP contribution in [0.2, 0.25) is 36.3 Å². The summed E-state index contributed by atoms with van der Waals surface area (Å²) in [4.78, 5) is 22.0. The van der Waals surface area contributed by atoms with Crippen LogP contribution in [0, 0.1) is 17.3 Å². The van der Waals surface area contributed by atoms with Crippen LogP contribution in [0.15, 0.2) is 21.5 Å². The Morgan fingerprint density at radius 3 is 2.31 bits per heavy atom. The van der Waals surface area contributed by atoms with Gasteiger partial charge in [0.1, 0.15) is 0 Å². The third-order valence-corrected chi connectivity index (χ3v) is 24.3. The van der Waals surface area contributed by atoms with Gasteiger partial charge in [-0.05, 0) is 0 Å². The van der Waals surface area contributed by atoms with Gasteiger partial charge in [-0.2, -0.15) is 0 Å². The molecule has 3 heterocycles.